The topological polar surface area (TPSA) is 51.2 Å². The van der Waals surface area contributed by atoms with Gasteiger partial charge in [-0.2, -0.15) is 0 Å². The molecule has 0 spiro atoms. The van der Waals surface area contributed by atoms with E-state index in [1.165, 1.54) is 5.56 Å². The van der Waals surface area contributed by atoms with Gasteiger partial charge in [-0.25, -0.2) is 0 Å². The largest absolute Gasteiger partial charge is 0.492 e. The Labute approximate surface area is 154 Å². The van der Waals surface area contributed by atoms with E-state index < -0.39 is 6.10 Å². The number of fused-ring (bicyclic) bond motifs is 2. The van der Waals surface area contributed by atoms with Gasteiger partial charge < -0.3 is 19.3 Å². The van der Waals surface area contributed by atoms with Crippen molar-refractivity contribution in [3.63, 3.8) is 0 Å². The molecule has 2 aromatic rings. The van der Waals surface area contributed by atoms with E-state index in [-0.39, 0.29) is 12.8 Å². The number of aliphatic hydroxyl groups is 1. The van der Waals surface area contributed by atoms with Gasteiger partial charge in [0.1, 0.15) is 0 Å². The Hall–Kier alpha value is -2.24. The normalized spacial score (nSPS) is 19.9. The number of hydrogen-bond donors (Lipinski definition) is 1. The number of nitrogens with zero attached hydrogens (tertiary/aromatic N) is 1. The third-order valence-corrected chi connectivity index (χ3v) is 5.36. The summed E-state index contributed by atoms with van der Waals surface area (Å²) in [6.07, 6.45) is 1.80. The van der Waals surface area contributed by atoms with Gasteiger partial charge >= 0.3 is 0 Å². The van der Waals surface area contributed by atoms with Crippen LogP contribution in [0.25, 0.3) is 0 Å². The molecule has 138 valence electrons. The van der Waals surface area contributed by atoms with E-state index in [1.807, 2.05) is 18.2 Å². The predicted molar refractivity (Wildman–Crippen MR) is 99.0 cm³/mol. The summed E-state index contributed by atoms with van der Waals surface area (Å²) in [5, 5.41) is 10.7. The standard InChI is InChI=1S/C21H25NO4/c1-22-9-8-15-11-18-20(26-13-25-18)21(24-2)19(15)17(22)12-16(23)10-14-6-4-3-5-7-14/h3-7,11,16-17,23H,8-10,12-13H2,1-2H3/t16-,17-/m0/s1. The van der Waals surface area contributed by atoms with Crippen LogP contribution in [0.2, 0.25) is 0 Å². The summed E-state index contributed by atoms with van der Waals surface area (Å²) < 4.78 is 16.9. The molecular formula is C21H25NO4. The van der Waals surface area contributed by atoms with Crippen molar-refractivity contribution in [1.29, 1.82) is 0 Å². The van der Waals surface area contributed by atoms with Crippen LogP contribution in [0.3, 0.4) is 0 Å². The summed E-state index contributed by atoms with van der Waals surface area (Å²) >= 11 is 0. The first-order chi connectivity index (χ1) is 12.7. The maximum Gasteiger partial charge on any atom is 0.231 e. The lowest BCUT2D eigenvalue weighted by atomic mass is 9.87. The van der Waals surface area contributed by atoms with Crippen molar-refractivity contribution in [2.45, 2.75) is 31.4 Å². The number of aliphatic hydroxyl groups excluding tert-OH is 1. The lowest BCUT2D eigenvalue weighted by Gasteiger charge is -2.37. The molecule has 2 aromatic carbocycles. The summed E-state index contributed by atoms with van der Waals surface area (Å²) in [7, 11) is 3.77. The summed E-state index contributed by atoms with van der Waals surface area (Å²) in [4.78, 5) is 2.29. The predicted octanol–water partition coefficient (Wildman–Crippen LogP) is 2.95. The Balaban J connectivity index is 1.63. The third kappa shape index (κ3) is 3.13. The van der Waals surface area contributed by atoms with Crippen molar-refractivity contribution in [2.75, 3.05) is 27.5 Å². The fourth-order valence-corrected chi connectivity index (χ4v) is 4.05. The molecule has 2 heterocycles. The molecule has 26 heavy (non-hydrogen) atoms. The van der Waals surface area contributed by atoms with Crippen LogP contribution < -0.4 is 14.2 Å². The number of likely N-dealkylation sites (N-methyl/N-ethyl adjacent to an activating group) is 1. The van der Waals surface area contributed by atoms with Crippen molar-refractivity contribution in [3.8, 4) is 17.2 Å². The highest BCUT2D eigenvalue weighted by atomic mass is 16.7. The van der Waals surface area contributed by atoms with Crippen LogP contribution in [0.1, 0.15) is 29.2 Å². The zero-order valence-electron chi connectivity index (χ0n) is 15.3. The van der Waals surface area contributed by atoms with Gasteiger partial charge in [0, 0.05) is 18.2 Å². The fourth-order valence-electron chi connectivity index (χ4n) is 4.05. The number of hydrogen-bond acceptors (Lipinski definition) is 5. The fraction of sp³-hybridized carbons (Fsp3) is 0.429. The third-order valence-electron chi connectivity index (χ3n) is 5.36. The molecule has 0 aromatic heterocycles. The van der Waals surface area contributed by atoms with Gasteiger partial charge in [-0.1, -0.05) is 30.3 Å². The van der Waals surface area contributed by atoms with Crippen LogP contribution in [0.4, 0.5) is 0 Å². The summed E-state index contributed by atoms with van der Waals surface area (Å²) in [6.45, 7) is 1.17. The van der Waals surface area contributed by atoms with E-state index in [4.69, 9.17) is 14.2 Å². The molecule has 0 amide bonds. The molecule has 0 bridgehead atoms. The average molecular weight is 355 g/mol. The van der Waals surface area contributed by atoms with E-state index in [0.717, 1.165) is 35.6 Å². The number of methoxy groups -OCH3 is 1. The minimum Gasteiger partial charge on any atom is -0.492 e. The molecule has 0 saturated carbocycles. The van der Waals surface area contributed by atoms with Crippen LogP contribution in [-0.2, 0) is 12.8 Å². The van der Waals surface area contributed by atoms with Gasteiger partial charge in [-0.15, -0.1) is 0 Å². The maximum atomic E-state index is 10.7. The van der Waals surface area contributed by atoms with Crippen molar-refractivity contribution in [1.82, 2.24) is 4.90 Å². The van der Waals surface area contributed by atoms with Gasteiger partial charge in [0.25, 0.3) is 0 Å². The molecule has 2 atom stereocenters. The van der Waals surface area contributed by atoms with Crippen molar-refractivity contribution in [3.05, 3.63) is 53.1 Å². The second-order valence-corrected chi connectivity index (χ2v) is 7.04. The quantitative estimate of drug-likeness (QED) is 0.894. The Bertz CT molecular complexity index is 777. The molecule has 4 rings (SSSR count). The second-order valence-electron chi connectivity index (χ2n) is 7.04. The highest BCUT2D eigenvalue weighted by Gasteiger charge is 2.34. The van der Waals surface area contributed by atoms with Gasteiger partial charge in [-0.3, -0.25) is 4.90 Å². The Kier molecular flexibility index (Phi) is 4.74. The molecular weight excluding hydrogens is 330 g/mol. The highest BCUT2D eigenvalue weighted by molar-refractivity contribution is 5.61. The summed E-state index contributed by atoms with van der Waals surface area (Å²) in [6, 6.07) is 12.3. The Morgan fingerprint density at radius 3 is 2.85 bits per heavy atom. The second kappa shape index (κ2) is 7.17. The first kappa shape index (κ1) is 17.2. The lowest BCUT2D eigenvalue weighted by Crippen LogP contribution is -2.35. The van der Waals surface area contributed by atoms with Crippen LogP contribution in [0.15, 0.2) is 36.4 Å². The minimum absolute atomic E-state index is 0.0851. The molecule has 0 radical (unpaired) electrons. The maximum absolute atomic E-state index is 10.7. The molecule has 5 nitrogen and oxygen atoms in total. The smallest absolute Gasteiger partial charge is 0.231 e. The van der Waals surface area contributed by atoms with Gasteiger partial charge in [0.05, 0.1) is 13.2 Å². The van der Waals surface area contributed by atoms with E-state index in [0.29, 0.717) is 18.6 Å². The van der Waals surface area contributed by atoms with E-state index in [2.05, 4.69) is 30.1 Å². The monoisotopic (exact) mass is 355 g/mol. The van der Waals surface area contributed by atoms with Crippen LogP contribution in [0.5, 0.6) is 17.2 Å². The SMILES string of the molecule is COc1c2c(cc3c1[C@H](C[C@@H](O)Cc1ccccc1)N(C)CC3)OCO2. The van der Waals surface area contributed by atoms with E-state index in [1.54, 1.807) is 7.11 Å². The molecule has 0 unspecified atom stereocenters. The molecule has 2 aliphatic rings. The highest BCUT2D eigenvalue weighted by Crippen LogP contribution is 2.50. The number of rotatable bonds is 5. The van der Waals surface area contributed by atoms with E-state index >= 15 is 0 Å². The zero-order valence-corrected chi connectivity index (χ0v) is 15.3. The molecule has 5 heteroatoms. The van der Waals surface area contributed by atoms with Crippen LogP contribution in [0, 0.1) is 0 Å². The molecule has 2 aliphatic heterocycles. The first-order valence-electron chi connectivity index (χ1n) is 9.09. The molecule has 0 saturated heterocycles. The summed E-state index contributed by atoms with van der Waals surface area (Å²) in [5.41, 5.74) is 3.50. The molecule has 0 fully saturated rings. The van der Waals surface area contributed by atoms with Gasteiger partial charge in [0.15, 0.2) is 11.5 Å². The lowest BCUT2D eigenvalue weighted by molar-refractivity contribution is 0.107. The summed E-state index contributed by atoms with van der Waals surface area (Å²) in [5.74, 6) is 2.19. The Morgan fingerprint density at radius 1 is 1.27 bits per heavy atom. The van der Waals surface area contributed by atoms with Gasteiger partial charge in [0.2, 0.25) is 12.5 Å². The zero-order chi connectivity index (χ0) is 18.1. The number of ether oxygens (including phenoxy) is 3. The van der Waals surface area contributed by atoms with Crippen molar-refractivity contribution >= 4 is 0 Å². The minimum atomic E-state index is -0.425. The van der Waals surface area contributed by atoms with Crippen LogP contribution >= 0.6 is 0 Å². The molecule has 1 N–H and O–H groups in total. The van der Waals surface area contributed by atoms with Gasteiger partial charge in [-0.05, 0) is 43.5 Å². The van der Waals surface area contributed by atoms with Crippen LogP contribution in [-0.4, -0.2) is 43.6 Å². The first-order valence-corrected chi connectivity index (χ1v) is 9.09. The Morgan fingerprint density at radius 2 is 2.08 bits per heavy atom. The van der Waals surface area contributed by atoms with E-state index in [9.17, 15) is 5.11 Å². The molecule has 0 aliphatic carbocycles. The average Bonchev–Trinajstić information content (AvgIpc) is 3.11. The number of benzene rings is 2. The van der Waals surface area contributed by atoms with Crippen molar-refractivity contribution < 1.29 is 19.3 Å². The van der Waals surface area contributed by atoms with Crippen molar-refractivity contribution in [2.24, 2.45) is 0 Å².